The first-order valence-corrected chi connectivity index (χ1v) is 12.3. The number of carbonyl (C=O) groups excluding carboxylic acids is 2. The number of phenolic OH excluding ortho intramolecular Hbond substituents is 1. The Labute approximate surface area is 207 Å². The van der Waals surface area contributed by atoms with Crippen LogP contribution in [0.1, 0.15) is 12.0 Å². The highest BCUT2D eigenvalue weighted by Crippen LogP contribution is 2.28. The molecular weight excluding hydrogens is 508 g/mol. The summed E-state index contributed by atoms with van der Waals surface area (Å²) < 4.78 is 1.10. The van der Waals surface area contributed by atoms with Crippen LogP contribution in [0.25, 0.3) is 0 Å². The lowest BCUT2D eigenvalue weighted by Crippen LogP contribution is -2.51. The first-order chi connectivity index (χ1) is 15.8. The molecule has 1 atom stereocenters. The number of phenols is 1. The van der Waals surface area contributed by atoms with E-state index < -0.39 is 0 Å². The Morgan fingerprint density at radius 2 is 1.91 bits per heavy atom. The number of anilines is 2. The van der Waals surface area contributed by atoms with E-state index in [9.17, 15) is 14.7 Å². The number of likely N-dealkylation sites (tertiary alicyclic amines) is 1. The SMILES string of the molecule is Cc1c(Br)cccc1N1CCN(C(=O)CN2CCC(C(=O)Nc3ccc(O)c(Cl)c3)C2)CC1. The molecule has 2 heterocycles. The molecule has 0 spiro atoms. The molecule has 2 aliphatic heterocycles. The maximum Gasteiger partial charge on any atom is 0.236 e. The molecule has 2 amide bonds. The van der Waals surface area contributed by atoms with Gasteiger partial charge in [0.2, 0.25) is 11.8 Å². The molecule has 2 aromatic rings. The largest absolute Gasteiger partial charge is 0.506 e. The molecule has 2 aliphatic rings. The van der Waals surface area contributed by atoms with Crippen LogP contribution in [0.15, 0.2) is 40.9 Å². The number of halogens is 2. The van der Waals surface area contributed by atoms with Gasteiger partial charge in [-0.3, -0.25) is 14.5 Å². The van der Waals surface area contributed by atoms with Gasteiger partial charge in [0.05, 0.1) is 17.5 Å². The van der Waals surface area contributed by atoms with E-state index in [4.69, 9.17) is 11.6 Å². The average Bonchev–Trinajstić information content (AvgIpc) is 3.27. The molecule has 1 unspecified atom stereocenters. The molecule has 0 radical (unpaired) electrons. The Morgan fingerprint density at radius 1 is 1.15 bits per heavy atom. The highest BCUT2D eigenvalue weighted by atomic mass is 79.9. The zero-order valence-electron chi connectivity index (χ0n) is 18.6. The molecule has 0 saturated carbocycles. The van der Waals surface area contributed by atoms with Crippen molar-refractivity contribution in [3.63, 3.8) is 0 Å². The minimum Gasteiger partial charge on any atom is -0.506 e. The molecule has 0 aliphatic carbocycles. The van der Waals surface area contributed by atoms with Gasteiger partial charge in [-0.1, -0.05) is 33.6 Å². The summed E-state index contributed by atoms with van der Waals surface area (Å²) in [5.74, 6) is -0.175. The smallest absolute Gasteiger partial charge is 0.236 e. The Morgan fingerprint density at radius 3 is 2.64 bits per heavy atom. The van der Waals surface area contributed by atoms with E-state index >= 15 is 0 Å². The lowest BCUT2D eigenvalue weighted by atomic mass is 10.1. The zero-order valence-corrected chi connectivity index (χ0v) is 20.9. The second-order valence-electron chi connectivity index (χ2n) is 8.63. The van der Waals surface area contributed by atoms with Gasteiger partial charge in [-0.25, -0.2) is 0 Å². The Balaban J connectivity index is 1.24. The number of benzene rings is 2. The fourth-order valence-corrected chi connectivity index (χ4v) is 4.98. The van der Waals surface area contributed by atoms with Crippen molar-refractivity contribution in [3.05, 3.63) is 51.5 Å². The predicted molar refractivity (Wildman–Crippen MR) is 134 cm³/mol. The molecule has 4 rings (SSSR count). The van der Waals surface area contributed by atoms with Crippen LogP contribution in [0.5, 0.6) is 5.75 Å². The van der Waals surface area contributed by atoms with E-state index in [2.05, 4.69) is 44.0 Å². The van der Waals surface area contributed by atoms with Crippen LogP contribution in [0, 0.1) is 12.8 Å². The van der Waals surface area contributed by atoms with Gasteiger partial charge in [0, 0.05) is 48.6 Å². The summed E-state index contributed by atoms with van der Waals surface area (Å²) in [4.78, 5) is 31.8. The highest BCUT2D eigenvalue weighted by Gasteiger charge is 2.31. The molecule has 33 heavy (non-hydrogen) atoms. The molecule has 2 fully saturated rings. The highest BCUT2D eigenvalue weighted by molar-refractivity contribution is 9.10. The number of carbonyl (C=O) groups is 2. The van der Waals surface area contributed by atoms with E-state index in [1.54, 1.807) is 6.07 Å². The monoisotopic (exact) mass is 534 g/mol. The van der Waals surface area contributed by atoms with Crippen LogP contribution in [-0.4, -0.2) is 72.5 Å². The van der Waals surface area contributed by atoms with Gasteiger partial charge in [0.15, 0.2) is 0 Å². The molecule has 176 valence electrons. The molecule has 0 aromatic heterocycles. The van der Waals surface area contributed by atoms with Crippen LogP contribution in [0.2, 0.25) is 5.02 Å². The van der Waals surface area contributed by atoms with Crippen molar-refractivity contribution in [3.8, 4) is 5.75 Å². The van der Waals surface area contributed by atoms with Crippen molar-refractivity contribution in [1.29, 1.82) is 0 Å². The summed E-state index contributed by atoms with van der Waals surface area (Å²) in [5.41, 5.74) is 2.98. The van der Waals surface area contributed by atoms with Crippen molar-refractivity contribution in [2.45, 2.75) is 13.3 Å². The van der Waals surface area contributed by atoms with Crippen molar-refractivity contribution >= 4 is 50.7 Å². The number of nitrogens with zero attached hydrogens (tertiary/aromatic N) is 3. The summed E-state index contributed by atoms with van der Waals surface area (Å²) in [6.07, 6.45) is 0.709. The summed E-state index contributed by atoms with van der Waals surface area (Å²) in [6.45, 7) is 6.73. The fourth-order valence-electron chi connectivity index (χ4n) is 4.45. The van der Waals surface area contributed by atoms with Gasteiger partial charge in [0.25, 0.3) is 0 Å². The standard InChI is InChI=1S/C24H28BrClN4O3/c1-16-19(25)3-2-4-21(16)29-9-11-30(12-10-29)23(32)15-28-8-7-17(14-28)24(33)27-18-5-6-22(31)20(26)13-18/h2-6,13,17,31H,7-12,14-15H2,1H3,(H,27,33). The third-order valence-electron chi connectivity index (χ3n) is 6.43. The van der Waals surface area contributed by atoms with Crippen LogP contribution in [0.3, 0.4) is 0 Å². The number of piperazine rings is 1. The number of hydrogen-bond acceptors (Lipinski definition) is 5. The summed E-state index contributed by atoms with van der Waals surface area (Å²) in [5, 5.41) is 12.6. The zero-order chi connectivity index (χ0) is 23.5. The second-order valence-corrected chi connectivity index (χ2v) is 9.89. The molecule has 7 nitrogen and oxygen atoms in total. The topological polar surface area (TPSA) is 76.1 Å². The molecule has 2 N–H and O–H groups in total. The van der Waals surface area contributed by atoms with Crippen LogP contribution in [-0.2, 0) is 9.59 Å². The van der Waals surface area contributed by atoms with E-state index in [-0.39, 0.29) is 28.5 Å². The van der Waals surface area contributed by atoms with E-state index in [0.29, 0.717) is 38.3 Å². The second kappa shape index (κ2) is 10.3. The number of nitrogens with one attached hydrogen (secondary N) is 1. The lowest BCUT2D eigenvalue weighted by Gasteiger charge is -2.37. The Kier molecular flexibility index (Phi) is 7.46. The summed E-state index contributed by atoms with van der Waals surface area (Å²) >= 11 is 9.51. The average molecular weight is 536 g/mol. The predicted octanol–water partition coefficient (Wildman–Crippen LogP) is 3.73. The van der Waals surface area contributed by atoms with Gasteiger partial charge < -0.3 is 20.2 Å². The lowest BCUT2D eigenvalue weighted by molar-refractivity contribution is -0.132. The molecule has 2 saturated heterocycles. The van der Waals surface area contributed by atoms with Crippen LogP contribution < -0.4 is 10.2 Å². The summed E-state index contributed by atoms with van der Waals surface area (Å²) in [7, 11) is 0. The minimum absolute atomic E-state index is 0.0205. The van der Waals surface area contributed by atoms with Crippen molar-refractivity contribution in [1.82, 2.24) is 9.80 Å². The summed E-state index contributed by atoms with van der Waals surface area (Å²) in [6, 6.07) is 10.8. The third kappa shape index (κ3) is 5.62. The maximum atomic E-state index is 12.9. The van der Waals surface area contributed by atoms with Gasteiger partial charge in [-0.2, -0.15) is 0 Å². The molecule has 0 bridgehead atoms. The third-order valence-corrected chi connectivity index (χ3v) is 7.59. The van der Waals surface area contributed by atoms with E-state index in [1.807, 2.05) is 17.0 Å². The number of amides is 2. The molecular formula is C24H28BrClN4O3. The quantitative estimate of drug-likeness (QED) is 0.571. The maximum absolute atomic E-state index is 12.9. The van der Waals surface area contributed by atoms with Crippen LogP contribution >= 0.6 is 27.5 Å². The molecule has 2 aromatic carbocycles. The van der Waals surface area contributed by atoms with Crippen LogP contribution in [0.4, 0.5) is 11.4 Å². The van der Waals surface area contributed by atoms with Gasteiger partial charge in [0.1, 0.15) is 5.75 Å². The van der Waals surface area contributed by atoms with Gasteiger partial charge in [-0.05, 0) is 55.8 Å². The number of rotatable bonds is 5. The van der Waals surface area contributed by atoms with Crippen molar-refractivity contribution < 1.29 is 14.7 Å². The minimum atomic E-state index is -0.179. The first kappa shape index (κ1) is 23.9. The van der Waals surface area contributed by atoms with E-state index in [1.165, 1.54) is 23.4 Å². The van der Waals surface area contributed by atoms with Crippen molar-refractivity contribution in [2.24, 2.45) is 5.92 Å². The van der Waals surface area contributed by atoms with Crippen molar-refractivity contribution in [2.75, 3.05) is 56.0 Å². The van der Waals surface area contributed by atoms with Gasteiger partial charge in [-0.15, -0.1) is 0 Å². The number of aromatic hydroxyl groups is 1. The normalized spacial score (nSPS) is 19.1. The number of hydrogen-bond donors (Lipinski definition) is 2. The fraction of sp³-hybridized carbons (Fsp3) is 0.417. The molecule has 9 heteroatoms. The Bertz CT molecular complexity index is 1040. The Hall–Kier alpha value is -2.29. The van der Waals surface area contributed by atoms with Gasteiger partial charge >= 0.3 is 0 Å². The first-order valence-electron chi connectivity index (χ1n) is 11.1. The van der Waals surface area contributed by atoms with E-state index in [0.717, 1.165) is 24.1 Å².